The van der Waals surface area contributed by atoms with Crippen LogP contribution in [0.25, 0.3) is 11.3 Å². The maximum atomic E-state index is 5.71. The fourth-order valence-corrected chi connectivity index (χ4v) is 1.56. The molecule has 2 N–H and O–H groups in total. The van der Waals surface area contributed by atoms with E-state index in [1.165, 1.54) is 0 Å². The van der Waals surface area contributed by atoms with E-state index in [2.05, 4.69) is 15.2 Å². The van der Waals surface area contributed by atoms with Crippen molar-refractivity contribution in [2.75, 3.05) is 12.8 Å². The summed E-state index contributed by atoms with van der Waals surface area (Å²) < 4.78 is 5.13. The Balaban J connectivity index is 2.56. The first-order valence-corrected chi connectivity index (χ1v) is 5.22. The van der Waals surface area contributed by atoms with Gasteiger partial charge in [0.15, 0.2) is 0 Å². The quantitative estimate of drug-likeness (QED) is 0.850. The van der Waals surface area contributed by atoms with Crippen molar-refractivity contribution in [2.24, 2.45) is 0 Å². The zero-order valence-corrected chi connectivity index (χ0v) is 10.1. The zero-order chi connectivity index (χ0) is 12.4. The van der Waals surface area contributed by atoms with Crippen LogP contribution in [0.5, 0.6) is 5.75 Å². The van der Waals surface area contributed by atoms with Gasteiger partial charge in [-0.3, -0.25) is 4.98 Å². The zero-order valence-electron chi connectivity index (χ0n) is 10.1. The Kier molecular flexibility index (Phi) is 2.91. The Bertz CT molecular complexity index is 554. The lowest BCUT2D eigenvalue weighted by molar-refractivity contribution is 0.413. The molecule has 5 heteroatoms. The second-order valence-corrected chi connectivity index (χ2v) is 3.80. The highest BCUT2D eigenvalue weighted by Crippen LogP contribution is 2.26. The standard InChI is InChI=1S/C12H14N4O/c1-7-8(2)12(13)16-15-11(7)9-4-10(17-3)6-14-5-9/h4-6H,1-3H3,(H2,13,16). The number of hydrogen-bond donors (Lipinski definition) is 1. The van der Waals surface area contributed by atoms with E-state index >= 15 is 0 Å². The minimum Gasteiger partial charge on any atom is -0.495 e. The van der Waals surface area contributed by atoms with Crippen molar-refractivity contribution >= 4 is 5.82 Å². The first-order chi connectivity index (χ1) is 8.13. The predicted octanol–water partition coefficient (Wildman–Crippen LogP) is 1.75. The van der Waals surface area contributed by atoms with Gasteiger partial charge in [-0.1, -0.05) is 0 Å². The lowest BCUT2D eigenvalue weighted by atomic mass is 10.1. The van der Waals surface area contributed by atoms with Crippen LogP contribution in [0.3, 0.4) is 0 Å². The largest absolute Gasteiger partial charge is 0.495 e. The summed E-state index contributed by atoms with van der Waals surface area (Å²) >= 11 is 0. The molecule has 2 aromatic rings. The highest BCUT2D eigenvalue weighted by atomic mass is 16.5. The van der Waals surface area contributed by atoms with Crippen LogP contribution in [0.1, 0.15) is 11.1 Å². The van der Waals surface area contributed by atoms with E-state index in [-0.39, 0.29) is 0 Å². The molecule has 0 fully saturated rings. The van der Waals surface area contributed by atoms with Crippen molar-refractivity contribution in [3.05, 3.63) is 29.6 Å². The number of ether oxygens (including phenoxy) is 1. The molecule has 88 valence electrons. The number of hydrogen-bond acceptors (Lipinski definition) is 5. The van der Waals surface area contributed by atoms with Gasteiger partial charge in [0.2, 0.25) is 0 Å². The molecule has 0 saturated carbocycles. The van der Waals surface area contributed by atoms with Crippen LogP contribution >= 0.6 is 0 Å². The molecule has 0 spiro atoms. The summed E-state index contributed by atoms with van der Waals surface area (Å²) in [4.78, 5) is 4.10. The molecule has 0 amide bonds. The first kappa shape index (κ1) is 11.3. The summed E-state index contributed by atoms with van der Waals surface area (Å²) in [7, 11) is 1.60. The Morgan fingerprint density at radius 1 is 1.12 bits per heavy atom. The van der Waals surface area contributed by atoms with Crippen LogP contribution in [0, 0.1) is 13.8 Å². The third-order valence-electron chi connectivity index (χ3n) is 2.78. The molecule has 2 aromatic heterocycles. The van der Waals surface area contributed by atoms with Gasteiger partial charge >= 0.3 is 0 Å². The topological polar surface area (TPSA) is 73.9 Å². The van der Waals surface area contributed by atoms with Gasteiger partial charge in [-0.05, 0) is 31.0 Å². The van der Waals surface area contributed by atoms with Crippen molar-refractivity contribution in [2.45, 2.75) is 13.8 Å². The second-order valence-electron chi connectivity index (χ2n) is 3.80. The number of nitrogens with zero attached hydrogens (tertiary/aromatic N) is 3. The van der Waals surface area contributed by atoms with Crippen LogP contribution in [0.15, 0.2) is 18.5 Å². The molecule has 0 unspecified atom stereocenters. The van der Waals surface area contributed by atoms with Crippen LogP contribution in [0.4, 0.5) is 5.82 Å². The molecule has 2 heterocycles. The second kappa shape index (κ2) is 4.37. The minimum atomic E-state index is 0.460. The fraction of sp³-hybridized carbons (Fsp3) is 0.250. The maximum Gasteiger partial charge on any atom is 0.149 e. The number of nitrogen functional groups attached to an aromatic ring is 1. The smallest absolute Gasteiger partial charge is 0.149 e. The average molecular weight is 230 g/mol. The Morgan fingerprint density at radius 2 is 1.88 bits per heavy atom. The van der Waals surface area contributed by atoms with Crippen LogP contribution in [-0.2, 0) is 0 Å². The Hall–Kier alpha value is -2.17. The lowest BCUT2D eigenvalue weighted by Crippen LogP contribution is -2.02. The third-order valence-corrected chi connectivity index (χ3v) is 2.78. The van der Waals surface area contributed by atoms with Gasteiger partial charge in [0.25, 0.3) is 0 Å². The SMILES string of the molecule is COc1cncc(-c2nnc(N)c(C)c2C)c1. The molecule has 0 aliphatic heterocycles. The molecule has 17 heavy (non-hydrogen) atoms. The monoisotopic (exact) mass is 230 g/mol. The highest BCUT2D eigenvalue weighted by molar-refractivity contribution is 5.66. The van der Waals surface area contributed by atoms with Gasteiger partial charge in [-0.25, -0.2) is 0 Å². The molecular formula is C12H14N4O. The van der Waals surface area contributed by atoms with Crippen molar-refractivity contribution < 1.29 is 4.74 Å². The van der Waals surface area contributed by atoms with E-state index < -0.39 is 0 Å². The van der Waals surface area contributed by atoms with Gasteiger partial charge in [0, 0.05) is 11.8 Å². The number of rotatable bonds is 2. The summed E-state index contributed by atoms with van der Waals surface area (Å²) in [6, 6.07) is 1.87. The summed E-state index contributed by atoms with van der Waals surface area (Å²) in [5.41, 5.74) is 9.31. The summed E-state index contributed by atoms with van der Waals surface area (Å²) in [6.45, 7) is 3.89. The molecule has 0 atom stereocenters. The van der Waals surface area contributed by atoms with E-state index in [9.17, 15) is 0 Å². The van der Waals surface area contributed by atoms with Crippen molar-refractivity contribution in [1.29, 1.82) is 0 Å². The summed E-state index contributed by atoms with van der Waals surface area (Å²) in [5, 5.41) is 8.04. The van der Waals surface area contributed by atoms with E-state index in [0.29, 0.717) is 11.6 Å². The van der Waals surface area contributed by atoms with Crippen molar-refractivity contribution in [3.8, 4) is 17.0 Å². The normalized spacial score (nSPS) is 10.3. The maximum absolute atomic E-state index is 5.71. The Labute approximate surface area is 99.7 Å². The minimum absolute atomic E-state index is 0.460. The van der Waals surface area contributed by atoms with Gasteiger partial charge in [0.1, 0.15) is 11.6 Å². The lowest BCUT2D eigenvalue weighted by Gasteiger charge is -2.09. The average Bonchev–Trinajstić information content (AvgIpc) is 2.36. The summed E-state index contributed by atoms with van der Waals surface area (Å²) in [5.74, 6) is 1.15. The summed E-state index contributed by atoms with van der Waals surface area (Å²) in [6.07, 6.45) is 3.38. The first-order valence-electron chi connectivity index (χ1n) is 5.22. The number of pyridine rings is 1. The van der Waals surface area contributed by atoms with E-state index in [1.54, 1.807) is 19.5 Å². The molecule has 2 rings (SSSR count). The van der Waals surface area contributed by atoms with Gasteiger partial charge in [-0.2, -0.15) is 0 Å². The number of anilines is 1. The fourth-order valence-electron chi connectivity index (χ4n) is 1.56. The van der Waals surface area contributed by atoms with Crippen molar-refractivity contribution in [3.63, 3.8) is 0 Å². The van der Waals surface area contributed by atoms with Gasteiger partial charge in [-0.15, -0.1) is 10.2 Å². The Morgan fingerprint density at radius 3 is 2.59 bits per heavy atom. The van der Waals surface area contributed by atoms with Crippen LogP contribution in [0.2, 0.25) is 0 Å². The predicted molar refractivity (Wildman–Crippen MR) is 65.7 cm³/mol. The molecule has 0 radical (unpaired) electrons. The highest BCUT2D eigenvalue weighted by Gasteiger charge is 2.10. The van der Waals surface area contributed by atoms with Crippen LogP contribution in [-0.4, -0.2) is 22.3 Å². The molecule has 0 saturated heterocycles. The van der Waals surface area contributed by atoms with Gasteiger partial charge in [0.05, 0.1) is 19.0 Å². The number of methoxy groups -OCH3 is 1. The molecule has 0 aliphatic rings. The molecule has 5 nitrogen and oxygen atoms in total. The van der Waals surface area contributed by atoms with Gasteiger partial charge < -0.3 is 10.5 Å². The third kappa shape index (κ3) is 2.04. The number of nitrogens with two attached hydrogens (primary N) is 1. The van der Waals surface area contributed by atoms with Crippen molar-refractivity contribution in [1.82, 2.24) is 15.2 Å². The molecular weight excluding hydrogens is 216 g/mol. The molecule has 0 bridgehead atoms. The molecule has 0 aliphatic carbocycles. The van der Waals surface area contributed by atoms with Crippen LogP contribution < -0.4 is 10.5 Å². The molecule has 0 aromatic carbocycles. The van der Waals surface area contributed by atoms with E-state index in [1.807, 2.05) is 19.9 Å². The van der Waals surface area contributed by atoms with E-state index in [0.717, 1.165) is 22.4 Å². The van der Waals surface area contributed by atoms with E-state index in [4.69, 9.17) is 10.5 Å². The number of aromatic nitrogens is 3.